The van der Waals surface area contributed by atoms with Crippen LogP contribution in [0.3, 0.4) is 0 Å². The van der Waals surface area contributed by atoms with E-state index in [2.05, 4.69) is 0 Å². The Kier molecular flexibility index (Phi) is 2.80. The fourth-order valence-electron chi connectivity index (χ4n) is 1.17. The van der Waals surface area contributed by atoms with E-state index in [4.69, 9.17) is 0 Å². The van der Waals surface area contributed by atoms with Gasteiger partial charge in [0.25, 0.3) is 0 Å². The van der Waals surface area contributed by atoms with Gasteiger partial charge in [0, 0.05) is 0 Å². The summed E-state index contributed by atoms with van der Waals surface area (Å²) in [6.45, 7) is 3.71. The summed E-state index contributed by atoms with van der Waals surface area (Å²) in [4.78, 5) is 0. The second kappa shape index (κ2) is 3.53. The SMILES string of the molecule is C[Si](C)c1ccccc1C(F)(F)F. The molecule has 0 aromatic heterocycles. The average molecular weight is 203 g/mol. The van der Waals surface area contributed by atoms with E-state index in [9.17, 15) is 13.2 Å². The molecule has 0 aliphatic rings. The highest BCUT2D eigenvalue weighted by Gasteiger charge is 2.33. The summed E-state index contributed by atoms with van der Waals surface area (Å²) in [7, 11) is -1.04. The number of hydrogen-bond donors (Lipinski definition) is 0. The second-order valence-electron chi connectivity index (χ2n) is 3.04. The molecular weight excluding hydrogens is 193 g/mol. The molecule has 0 saturated carbocycles. The molecule has 0 unspecified atom stereocenters. The Hall–Kier alpha value is -0.773. The van der Waals surface area contributed by atoms with Gasteiger partial charge in [0.05, 0.1) is 14.4 Å². The Bertz CT molecular complexity index is 291. The summed E-state index contributed by atoms with van der Waals surface area (Å²) in [6, 6.07) is 5.80. The van der Waals surface area contributed by atoms with Crippen LogP contribution in [0.4, 0.5) is 13.2 Å². The van der Waals surface area contributed by atoms with E-state index in [0.29, 0.717) is 5.19 Å². The lowest BCUT2D eigenvalue weighted by molar-refractivity contribution is -0.136. The zero-order valence-electron chi connectivity index (χ0n) is 7.44. The number of hydrogen-bond acceptors (Lipinski definition) is 0. The highest BCUT2D eigenvalue weighted by molar-refractivity contribution is 6.71. The maximum absolute atomic E-state index is 12.4. The Labute approximate surface area is 77.0 Å². The van der Waals surface area contributed by atoms with Gasteiger partial charge < -0.3 is 0 Å². The van der Waals surface area contributed by atoms with E-state index in [-0.39, 0.29) is 0 Å². The number of alkyl halides is 3. The summed E-state index contributed by atoms with van der Waals surface area (Å²) in [5, 5.41) is 0.458. The summed E-state index contributed by atoms with van der Waals surface area (Å²) < 4.78 is 37.3. The van der Waals surface area contributed by atoms with Crippen molar-refractivity contribution < 1.29 is 13.2 Å². The molecule has 71 valence electrons. The highest BCUT2D eigenvalue weighted by Crippen LogP contribution is 2.27. The third-order valence-electron chi connectivity index (χ3n) is 1.77. The van der Waals surface area contributed by atoms with Crippen LogP contribution < -0.4 is 5.19 Å². The van der Waals surface area contributed by atoms with E-state index >= 15 is 0 Å². The monoisotopic (exact) mass is 203 g/mol. The first kappa shape index (κ1) is 10.3. The standard InChI is InChI=1S/C9H10F3Si/c1-13(2)8-6-4-3-5-7(8)9(10,11)12/h3-6H,1-2H3. The second-order valence-corrected chi connectivity index (χ2v) is 5.58. The zero-order chi connectivity index (χ0) is 10.1. The Balaban J connectivity index is 3.20. The molecule has 0 spiro atoms. The van der Waals surface area contributed by atoms with Gasteiger partial charge in [0.1, 0.15) is 0 Å². The third kappa shape index (κ3) is 2.34. The predicted molar refractivity (Wildman–Crippen MR) is 48.6 cm³/mol. The minimum absolute atomic E-state index is 0.458. The van der Waals surface area contributed by atoms with Crippen molar-refractivity contribution in [2.75, 3.05) is 0 Å². The molecule has 0 nitrogen and oxygen atoms in total. The molecule has 1 aromatic rings. The van der Waals surface area contributed by atoms with Crippen molar-refractivity contribution in [3.63, 3.8) is 0 Å². The average Bonchev–Trinajstić information content (AvgIpc) is 2.03. The predicted octanol–water partition coefficient (Wildman–Crippen LogP) is 2.67. The van der Waals surface area contributed by atoms with Crippen LogP contribution >= 0.6 is 0 Å². The molecular formula is C9H10F3Si. The fraction of sp³-hybridized carbons (Fsp3) is 0.333. The lowest BCUT2D eigenvalue weighted by atomic mass is 10.2. The molecule has 0 heterocycles. The van der Waals surface area contributed by atoms with Crippen molar-refractivity contribution in [1.82, 2.24) is 0 Å². The van der Waals surface area contributed by atoms with E-state index < -0.39 is 20.5 Å². The summed E-state index contributed by atoms with van der Waals surface area (Å²) >= 11 is 0. The van der Waals surface area contributed by atoms with Gasteiger partial charge in [0.15, 0.2) is 0 Å². The molecule has 1 rings (SSSR count). The summed E-state index contributed by atoms with van der Waals surface area (Å²) in [5.74, 6) is 0. The quantitative estimate of drug-likeness (QED) is 0.615. The molecule has 1 radical (unpaired) electrons. The Morgan fingerprint density at radius 1 is 1.08 bits per heavy atom. The Morgan fingerprint density at radius 2 is 1.62 bits per heavy atom. The van der Waals surface area contributed by atoms with Gasteiger partial charge in [-0.2, -0.15) is 13.2 Å². The van der Waals surface area contributed by atoms with Crippen molar-refractivity contribution >= 4 is 14.0 Å². The highest BCUT2D eigenvalue weighted by atomic mass is 28.3. The van der Waals surface area contributed by atoms with Crippen LogP contribution in [-0.2, 0) is 6.18 Å². The van der Waals surface area contributed by atoms with Crippen molar-refractivity contribution in [3.8, 4) is 0 Å². The smallest absolute Gasteiger partial charge is 0.166 e. The van der Waals surface area contributed by atoms with Gasteiger partial charge in [-0.15, -0.1) is 0 Å². The summed E-state index contributed by atoms with van der Waals surface area (Å²) in [5.41, 5.74) is -0.478. The maximum atomic E-state index is 12.4. The number of halogens is 3. The molecule has 0 fully saturated rings. The van der Waals surface area contributed by atoms with Crippen LogP contribution in [0.2, 0.25) is 13.1 Å². The normalized spacial score (nSPS) is 12.2. The Morgan fingerprint density at radius 3 is 2.00 bits per heavy atom. The van der Waals surface area contributed by atoms with E-state index in [1.807, 2.05) is 13.1 Å². The largest absolute Gasteiger partial charge is 0.416 e. The van der Waals surface area contributed by atoms with Crippen molar-refractivity contribution in [3.05, 3.63) is 29.8 Å². The lowest BCUT2D eigenvalue weighted by Gasteiger charge is -2.13. The van der Waals surface area contributed by atoms with Gasteiger partial charge in [0.2, 0.25) is 0 Å². The van der Waals surface area contributed by atoms with E-state index in [1.54, 1.807) is 12.1 Å². The molecule has 0 bridgehead atoms. The minimum atomic E-state index is -4.21. The zero-order valence-corrected chi connectivity index (χ0v) is 8.44. The molecule has 4 heteroatoms. The first-order valence-electron chi connectivity index (χ1n) is 3.89. The van der Waals surface area contributed by atoms with Crippen molar-refractivity contribution in [2.24, 2.45) is 0 Å². The van der Waals surface area contributed by atoms with Crippen LogP contribution in [-0.4, -0.2) is 8.80 Å². The van der Waals surface area contributed by atoms with Crippen molar-refractivity contribution in [2.45, 2.75) is 19.3 Å². The van der Waals surface area contributed by atoms with Crippen molar-refractivity contribution in [1.29, 1.82) is 0 Å². The van der Waals surface area contributed by atoms with Crippen LogP contribution in [0.25, 0.3) is 0 Å². The van der Waals surface area contributed by atoms with Gasteiger partial charge in [-0.1, -0.05) is 42.5 Å². The molecule has 0 amide bonds. The third-order valence-corrected chi connectivity index (χ3v) is 3.28. The van der Waals surface area contributed by atoms with Crippen LogP contribution in [0.1, 0.15) is 5.56 Å². The van der Waals surface area contributed by atoms with Gasteiger partial charge >= 0.3 is 6.18 Å². The van der Waals surface area contributed by atoms with Crippen LogP contribution in [0.5, 0.6) is 0 Å². The van der Waals surface area contributed by atoms with E-state index in [0.717, 1.165) is 6.07 Å². The molecule has 0 atom stereocenters. The summed E-state index contributed by atoms with van der Waals surface area (Å²) in [6.07, 6.45) is -4.21. The minimum Gasteiger partial charge on any atom is -0.166 e. The first-order chi connectivity index (χ1) is 5.93. The molecule has 0 N–H and O–H groups in total. The number of benzene rings is 1. The molecule has 0 saturated heterocycles. The topological polar surface area (TPSA) is 0 Å². The molecule has 0 aliphatic heterocycles. The fourth-order valence-corrected chi connectivity index (χ4v) is 2.36. The molecule has 1 aromatic carbocycles. The number of rotatable bonds is 1. The molecule has 13 heavy (non-hydrogen) atoms. The van der Waals surface area contributed by atoms with Crippen LogP contribution in [0.15, 0.2) is 24.3 Å². The van der Waals surface area contributed by atoms with E-state index in [1.165, 1.54) is 6.07 Å². The molecule has 0 aliphatic carbocycles. The van der Waals surface area contributed by atoms with Crippen LogP contribution in [0, 0.1) is 0 Å². The first-order valence-corrected chi connectivity index (χ1v) is 6.39. The lowest BCUT2D eigenvalue weighted by Crippen LogP contribution is -2.30. The maximum Gasteiger partial charge on any atom is 0.416 e. The van der Waals surface area contributed by atoms with Gasteiger partial charge in [-0.3, -0.25) is 0 Å². The van der Waals surface area contributed by atoms with Gasteiger partial charge in [-0.25, -0.2) is 0 Å². The van der Waals surface area contributed by atoms with Gasteiger partial charge in [-0.05, 0) is 0 Å².